The minimum Gasteiger partial charge on any atom is -0.480 e. The van der Waals surface area contributed by atoms with Crippen LogP contribution in [0, 0.1) is 46.3 Å². The number of amides is 1. The van der Waals surface area contributed by atoms with Crippen LogP contribution in [0.3, 0.4) is 0 Å². The molecule has 0 aromatic carbocycles. The molecule has 4 saturated carbocycles. The van der Waals surface area contributed by atoms with E-state index in [9.17, 15) is 19.5 Å². The molecule has 4 aliphatic carbocycles. The smallest absolute Gasteiger partial charge is 0.322 e. The zero-order valence-corrected chi connectivity index (χ0v) is 34.5. The minimum absolute atomic E-state index is 0.00408. The van der Waals surface area contributed by atoms with Crippen LogP contribution in [-0.2, 0) is 19.1 Å². The summed E-state index contributed by atoms with van der Waals surface area (Å²) in [5.41, 5.74) is 0.00351. The van der Waals surface area contributed by atoms with Gasteiger partial charge >= 0.3 is 11.9 Å². The summed E-state index contributed by atoms with van der Waals surface area (Å²) in [6, 6.07) is 0. The van der Waals surface area contributed by atoms with Crippen molar-refractivity contribution >= 4 is 17.8 Å². The molecular formula is C48H73NO6. The van der Waals surface area contributed by atoms with Crippen LogP contribution < -0.4 is 5.32 Å². The summed E-state index contributed by atoms with van der Waals surface area (Å²) in [6.45, 7) is 8.82. The zero-order chi connectivity index (χ0) is 39.7. The number of aliphatic hydroxyl groups is 1. The highest BCUT2D eigenvalue weighted by Crippen LogP contribution is 2.68. The van der Waals surface area contributed by atoms with Crippen molar-refractivity contribution in [1.82, 2.24) is 5.32 Å². The Hall–Kier alpha value is -3.19. The number of aliphatic hydroxyl groups excluding tert-OH is 1. The van der Waals surface area contributed by atoms with Crippen molar-refractivity contribution in [3.8, 4) is 0 Å². The van der Waals surface area contributed by atoms with Gasteiger partial charge in [0.05, 0.1) is 6.10 Å². The Morgan fingerprint density at radius 3 is 1.96 bits per heavy atom. The van der Waals surface area contributed by atoms with E-state index < -0.39 is 5.97 Å². The SMILES string of the molecule is CC/C=C\C/C=C\C/C=C\C/C=C\C/C=C\C/C=C\CCC(=O)OC1CCC2(C)C(CCC3C2CC(O)C2(C)C(C(C)CCC(=O)NCC(=O)O)CCC32)C1. The third kappa shape index (κ3) is 12.7. The van der Waals surface area contributed by atoms with E-state index in [1.807, 2.05) is 0 Å². The molecule has 0 bridgehead atoms. The zero-order valence-electron chi connectivity index (χ0n) is 34.5. The van der Waals surface area contributed by atoms with Gasteiger partial charge in [0.25, 0.3) is 0 Å². The van der Waals surface area contributed by atoms with Gasteiger partial charge in [0.1, 0.15) is 12.6 Å². The summed E-state index contributed by atoms with van der Waals surface area (Å²) < 4.78 is 6.06. The van der Waals surface area contributed by atoms with Gasteiger partial charge in [-0.3, -0.25) is 14.4 Å². The van der Waals surface area contributed by atoms with Crippen LogP contribution in [0.2, 0.25) is 0 Å². The van der Waals surface area contributed by atoms with Crippen LogP contribution in [-0.4, -0.2) is 46.8 Å². The van der Waals surface area contributed by atoms with E-state index in [0.717, 1.165) is 83.5 Å². The lowest BCUT2D eigenvalue weighted by Crippen LogP contribution is -2.59. The minimum atomic E-state index is -1.03. The standard InChI is InChI=1S/C48H73NO6/c1-5-6-7-8-9-10-11-12-13-14-15-16-17-18-19-20-21-22-23-24-46(54)55-38-31-32-47(3)37(33-38)26-27-39-41-29-28-40(48(41,4)43(50)34-42(39)47)36(2)25-30-44(51)49-35-45(52)53/h6-7,9-10,12-13,15-16,18-19,21-22,36-43,50H,5,8,11,14,17,20,23-35H2,1-4H3,(H,49,51)(H,52,53)/b7-6-,10-9-,13-12-,16-15-,19-18-,22-21-. The molecule has 0 saturated heterocycles. The number of fused-ring (bicyclic) bond motifs is 5. The molecule has 1 amide bonds. The lowest BCUT2D eigenvalue weighted by Gasteiger charge is -2.62. The molecule has 4 rings (SSSR count). The van der Waals surface area contributed by atoms with E-state index in [1.54, 1.807) is 0 Å². The number of carboxylic acid groups (broad SMARTS) is 1. The van der Waals surface area contributed by atoms with Crippen LogP contribution in [0.15, 0.2) is 72.9 Å². The molecule has 0 radical (unpaired) electrons. The molecule has 0 spiro atoms. The lowest BCUT2D eigenvalue weighted by molar-refractivity contribution is -0.181. The Morgan fingerprint density at radius 1 is 0.764 bits per heavy atom. The van der Waals surface area contributed by atoms with E-state index in [4.69, 9.17) is 9.84 Å². The second-order valence-corrected chi connectivity index (χ2v) is 17.5. The van der Waals surface area contributed by atoms with Crippen LogP contribution in [0.4, 0.5) is 0 Å². The van der Waals surface area contributed by atoms with E-state index in [1.165, 1.54) is 6.42 Å². The van der Waals surface area contributed by atoms with Crippen LogP contribution in [0.25, 0.3) is 0 Å². The molecule has 0 aromatic rings. The first-order valence-electron chi connectivity index (χ1n) is 21.8. The number of ether oxygens (including phenoxy) is 1. The first-order valence-corrected chi connectivity index (χ1v) is 21.8. The molecule has 10 unspecified atom stereocenters. The fourth-order valence-corrected chi connectivity index (χ4v) is 11.2. The number of nitrogens with one attached hydrogen (secondary N) is 1. The van der Waals surface area contributed by atoms with Crippen LogP contribution in [0.5, 0.6) is 0 Å². The van der Waals surface area contributed by atoms with E-state index in [0.29, 0.717) is 55.3 Å². The molecule has 306 valence electrons. The number of hydrogen-bond acceptors (Lipinski definition) is 5. The van der Waals surface area contributed by atoms with Crippen LogP contribution in [0.1, 0.15) is 143 Å². The third-order valence-electron chi connectivity index (χ3n) is 14.2. The highest BCUT2D eigenvalue weighted by atomic mass is 16.5. The van der Waals surface area contributed by atoms with Gasteiger partial charge in [-0.25, -0.2) is 0 Å². The maximum absolute atomic E-state index is 12.8. The Labute approximate surface area is 332 Å². The molecule has 10 atom stereocenters. The average molecular weight is 760 g/mol. The van der Waals surface area contributed by atoms with Crippen molar-refractivity contribution in [3.05, 3.63) is 72.9 Å². The van der Waals surface area contributed by atoms with Crippen LogP contribution >= 0.6 is 0 Å². The summed E-state index contributed by atoms with van der Waals surface area (Å²) in [5.74, 6) is 1.40. The Bertz CT molecular complexity index is 1410. The molecule has 4 aliphatic rings. The maximum Gasteiger partial charge on any atom is 0.322 e. The molecule has 7 nitrogen and oxygen atoms in total. The number of aliphatic carboxylic acids is 1. The predicted molar refractivity (Wildman–Crippen MR) is 223 cm³/mol. The molecular weight excluding hydrogens is 687 g/mol. The molecule has 7 heteroatoms. The predicted octanol–water partition coefficient (Wildman–Crippen LogP) is 10.6. The van der Waals surface area contributed by atoms with Gasteiger partial charge in [-0.2, -0.15) is 0 Å². The molecule has 0 aliphatic heterocycles. The maximum atomic E-state index is 12.8. The lowest BCUT2D eigenvalue weighted by atomic mass is 9.43. The molecule has 0 heterocycles. The Morgan fingerprint density at radius 2 is 1.36 bits per heavy atom. The monoisotopic (exact) mass is 760 g/mol. The second-order valence-electron chi connectivity index (χ2n) is 17.5. The number of esters is 1. The van der Waals surface area contributed by atoms with Crippen molar-refractivity contribution in [2.45, 2.75) is 155 Å². The van der Waals surface area contributed by atoms with Gasteiger partial charge in [-0.05, 0) is 149 Å². The van der Waals surface area contributed by atoms with Gasteiger partial charge < -0.3 is 20.3 Å². The van der Waals surface area contributed by atoms with Crippen molar-refractivity contribution in [2.75, 3.05) is 6.54 Å². The Balaban J connectivity index is 1.13. The van der Waals surface area contributed by atoms with Gasteiger partial charge in [0.15, 0.2) is 0 Å². The van der Waals surface area contributed by atoms with Gasteiger partial charge in [0.2, 0.25) is 5.91 Å². The highest BCUT2D eigenvalue weighted by molar-refractivity contribution is 5.81. The quantitative estimate of drug-likeness (QED) is 0.0793. The number of rotatable bonds is 21. The third-order valence-corrected chi connectivity index (χ3v) is 14.2. The summed E-state index contributed by atoms with van der Waals surface area (Å²) >= 11 is 0. The molecule has 55 heavy (non-hydrogen) atoms. The fraction of sp³-hybridized carbons (Fsp3) is 0.688. The molecule has 4 fully saturated rings. The Kier molecular flexibility index (Phi) is 18.2. The summed E-state index contributed by atoms with van der Waals surface area (Å²) in [6.07, 6.45) is 42.2. The van der Waals surface area contributed by atoms with Gasteiger partial charge in [-0.1, -0.05) is 101 Å². The van der Waals surface area contributed by atoms with Crippen molar-refractivity contribution in [1.29, 1.82) is 0 Å². The fourth-order valence-electron chi connectivity index (χ4n) is 11.2. The summed E-state index contributed by atoms with van der Waals surface area (Å²) in [7, 11) is 0. The second kappa shape index (κ2) is 22.5. The number of carbonyl (C=O) groups excluding carboxylic acids is 2. The molecule has 3 N–H and O–H groups in total. The number of carboxylic acids is 1. The normalized spacial score (nSPS) is 32.8. The molecule has 0 aromatic heterocycles. The van der Waals surface area contributed by atoms with E-state index in [2.05, 4.69) is 106 Å². The first-order chi connectivity index (χ1) is 26.5. The van der Waals surface area contributed by atoms with E-state index >= 15 is 0 Å². The first kappa shape index (κ1) is 44.5. The van der Waals surface area contributed by atoms with Gasteiger partial charge in [-0.15, -0.1) is 0 Å². The average Bonchev–Trinajstić information content (AvgIpc) is 3.53. The van der Waals surface area contributed by atoms with Crippen molar-refractivity contribution in [3.63, 3.8) is 0 Å². The highest BCUT2D eigenvalue weighted by Gasteiger charge is 2.63. The van der Waals surface area contributed by atoms with Crippen molar-refractivity contribution in [2.24, 2.45) is 46.3 Å². The summed E-state index contributed by atoms with van der Waals surface area (Å²) in [4.78, 5) is 35.9. The summed E-state index contributed by atoms with van der Waals surface area (Å²) in [5, 5.41) is 23.3. The number of carbonyl (C=O) groups is 3. The number of hydrogen-bond donors (Lipinski definition) is 3. The van der Waals surface area contributed by atoms with E-state index in [-0.39, 0.29) is 47.4 Å². The topological polar surface area (TPSA) is 113 Å². The number of allylic oxidation sites excluding steroid dienone is 12. The van der Waals surface area contributed by atoms with Gasteiger partial charge in [0, 0.05) is 12.8 Å². The van der Waals surface area contributed by atoms with Crippen molar-refractivity contribution < 1.29 is 29.3 Å². The largest absolute Gasteiger partial charge is 0.480 e.